The highest BCUT2D eigenvalue weighted by atomic mass is 15.1. The van der Waals surface area contributed by atoms with E-state index in [1.807, 2.05) is 0 Å². The number of nitrogens with zero attached hydrogens (tertiary/aromatic N) is 1. The van der Waals surface area contributed by atoms with Gasteiger partial charge in [0, 0.05) is 32.4 Å². The van der Waals surface area contributed by atoms with Gasteiger partial charge in [0.25, 0.3) is 0 Å². The van der Waals surface area contributed by atoms with Gasteiger partial charge in [-0.25, -0.2) is 0 Å². The smallest absolute Gasteiger partial charge is 0.0597 e. The fourth-order valence-corrected chi connectivity index (χ4v) is 2.11. The van der Waals surface area contributed by atoms with Crippen LogP contribution in [0.4, 0.5) is 17.1 Å². The Hall–Kier alpha value is -1.38. The predicted molar refractivity (Wildman–Crippen MR) is 71.6 cm³/mol. The second-order valence-corrected chi connectivity index (χ2v) is 4.64. The van der Waals surface area contributed by atoms with Gasteiger partial charge in [0.2, 0.25) is 0 Å². The first-order chi connectivity index (χ1) is 7.70. The van der Waals surface area contributed by atoms with Crippen LogP contribution in [0.25, 0.3) is 0 Å². The van der Waals surface area contributed by atoms with E-state index < -0.39 is 0 Å². The molecule has 1 aliphatic rings. The maximum atomic E-state index is 3.58. The third kappa shape index (κ3) is 2.23. The largest absolute Gasteiger partial charge is 0.381 e. The Labute approximate surface area is 97.8 Å². The van der Waals surface area contributed by atoms with Crippen LogP contribution >= 0.6 is 0 Å². The third-order valence-corrected chi connectivity index (χ3v) is 3.06. The number of rotatable bonds is 3. The van der Waals surface area contributed by atoms with Crippen LogP contribution in [-0.4, -0.2) is 26.7 Å². The molecule has 3 heteroatoms. The van der Waals surface area contributed by atoms with Crippen molar-refractivity contribution < 1.29 is 0 Å². The first kappa shape index (κ1) is 11.1. The summed E-state index contributed by atoms with van der Waals surface area (Å²) >= 11 is 0. The van der Waals surface area contributed by atoms with Gasteiger partial charge in [-0.05, 0) is 24.6 Å². The summed E-state index contributed by atoms with van der Waals surface area (Å²) in [5.41, 5.74) is 3.69. The molecule has 0 saturated carbocycles. The summed E-state index contributed by atoms with van der Waals surface area (Å²) in [5.74, 6) is 0. The lowest BCUT2D eigenvalue weighted by molar-refractivity contribution is 0.655. The Kier molecular flexibility index (Phi) is 3.22. The van der Waals surface area contributed by atoms with E-state index >= 15 is 0 Å². The molecule has 0 aromatic heterocycles. The fraction of sp³-hybridized carbons (Fsp3) is 0.538. The first-order valence-corrected chi connectivity index (χ1v) is 6.02. The molecule has 88 valence electrons. The monoisotopic (exact) mass is 219 g/mol. The topological polar surface area (TPSA) is 27.3 Å². The molecular weight excluding hydrogens is 198 g/mol. The second-order valence-electron chi connectivity index (χ2n) is 4.64. The van der Waals surface area contributed by atoms with E-state index in [-0.39, 0.29) is 0 Å². The number of benzene rings is 1. The molecule has 0 fully saturated rings. The van der Waals surface area contributed by atoms with Crippen molar-refractivity contribution in [1.82, 2.24) is 0 Å². The van der Waals surface area contributed by atoms with Gasteiger partial charge in [0.1, 0.15) is 0 Å². The van der Waals surface area contributed by atoms with Crippen LogP contribution < -0.4 is 15.5 Å². The van der Waals surface area contributed by atoms with Crippen molar-refractivity contribution in [2.24, 2.45) is 0 Å². The highest BCUT2D eigenvalue weighted by Crippen LogP contribution is 2.30. The summed E-state index contributed by atoms with van der Waals surface area (Å²) in [5, 5.41) is 7.09. The van der Waals surface area contributed by atoms with Gasteiger partial charge in [-0.3, -0.25) is 0 Å². The number of nitrogens with one attached hydrogen (secondary N) is 2. The minimum atomic E-state index is 0.572. The predicted octanol–water partition coefficient (Wildman–Crippen LogP) is 2.76. The van der Waals surface area contributed by atoms with Crippen LogP contribution in [0.5, 0.6) is 0 Å². The lowest BCUT2D eigenvalue weighted by atomic mass is 10.1. The highest BCUT2D eigenvalue weighted by Gasteiger charge is 2.16. The summed E-state index contributed by atoms with van der Waals surface area (Å²) in [6.45, 7) is 3.25. The summed E-state index contributed by atoms with van der Waals surface area (Å²) in [6.07, 6.45) is 2.45. The van der Waals surface area contributed by atoms with Crippen molar-refractivity contribution in [3.63, 3.8) is 0 Å². The zero-order valence-corrected chi connectivity index (χ0v) is 10.4. The molecule has 1 aliphatic heterocycles. The summed E-state index contributed by atoms with van der Waals surface area (Å²) < 4.78 is 0. The molecule has 0 bridgehead atoms. The molecule has 2 rings (SSSR count). The van der Waals surface area contributed by atoms with Crippen molar-refractivity contribution in [2.45, 2.75) is 25.8 Å². The summed E-state index contributed by atoms with van der Waals surface area (Å²) in [7, 11) is 4.13. The normalized spacial score (nSPS) is 18.3. The van der Waals surface area contributed by atoms with Crippen LogP contribution in [0, 0.1) is 0 Å². The van der Waals surface area contributed by atoms with Crippen LogP contribution in [0.3, 0.4) is 0 Å². The Balaban J connectivity index is 2.15. The van der Waals surface area contributed by atoms with Gasteiger partial charge in [-0.15, -0.1) is 0 Å². The quantitative estimate of drug-likeness (QED) is 0.818. The lowest BCUT2D eigenvalue weighted by Crippen LogP contribution is -2.32. The minimum Gasteiger partial charge on any atom is -0.381 e. The zero-order valence-electron chi connectivity index (χ0n) is 10.4. The van der Waals surface area contributed by atoms with Crippen LogP contribution in [0.15, 0.2) is 18.2 Å². The fourth-order valence-electron chi connectivity index (χ4n) is 2.11. The van der Waals surface area contributed by atoms with E-state index in [2.05, 4.69) is 54.8 Å². The molecule has 0 amide bonds. The van der Waals surface area contributed by atoms with Crippen molar-refractivity contribution in [3.8, 4) is 0 Å². The van der Waals surface area contributed by atoms with E-state index in [1.54, 1.807) is 0 Å². The van der Waals surface area contributed by atoms with Crippen LogP contribution in [-0.2, 0) is 0 Å². The SMILES string of the molecule is CCCC1CNc2cc(N(C)C)ccc2N1. The first-order valence-electron chi connectivity index (χ1n) is 6.02. The lowest BCUT2D eigenvalue weighted by Gasteiger charge is -2.29. The molecule has 1 atom stereocenters. The van der Waals surface area contributed by atoms with Crippen molar-refractivity contribution in [2.75, 3.05) is 36.2 Å². The number of fused-ring (bicyclic) bond motifs is 1. The Morgan fingerprint density at radius 1 is 1.31 bits per heavy atom. The molecule has 0 saturated heterocycles. The van der Waals surface area contributed by atoms with Gasteiger partial charge in [0.15, 0.2) is 0 Å². The van der Waals surface area contributed by atoms with Gasteiger partial charge in [-0.2, -0.15) is 0 Å². The molecule has 0 spiro atoms. The standard InChI is InChI=1S/C13H21N3/c1-4-5-10-9-14-13-8-11(16(2)3)6-7-12(13)15-10/h6-8,10,14-15H,4-5,9H2,1-3H3. The molecule has 16 heavy (non-hydrogen) atoms. The maximum Gasteiger partial charge on any atom is 0.0597 e. The number of hydrogen-bond acceptors (Lipinski definition) is 3. The molecule has 1 aromatic rings. The average Bonchev–Trinajstić information content (AvgIpc) is 2.28. The van der Waals surface area contributed by atoms with E-state index in [0.29, 0.717) is 6.04 Å². The van der Waals surface area contributed by atoms with E-state index in [9.17, 15) is 0 Å². The zero-order chi connectivity index (χ0) is 11.5. The Morgan fingerprint density at radius 2 is 2.12 bits per heavy atom. The van der Waals surface area contributed by atoms with Gasteiger partial charge >= 0.3 is 0 Å². The maximum absolute atomic E-state index is 3.58. The number of hydrogen-bond donors (Lipinski definition) is 2. The molecule has 2 N–H and O–H groups in total. The average molecular weight is 219 g/mol. The second kappa shape index (κ2) is 4.64. The van der Waals surface area contributed by atoms with Crippen LogP contribution in [0.1, 0.15) is 19.8 Å². The van der Waals surface area contributed by atoms with Crippen molar-refractivity contribution >= 4 is 17.1 Å². The highest BCUT2D eigenvalue weighted by molar-refractivity contribution is 5.76. The van der Waals surface area contributed by atoms with Crippen molar-refractivity contribution in [3.05, 3.63) is 18.2 Å². The van der Waals surface area contributed by atoms with Crippen molar-refractivity contribution in [1.29, 1.82) is 0 Å². The molecule has 3 nitrogen and oxygen atoms in total. The summed E-state index contributed by atoms with van der Waals surface area (Å²) in [6, 6.07) is 7.09. The molecular formula is C13H21N3. The third-order valence-electron chi connectivity index (χ3n) is 3.06. The minimum absolute atomic E-state index is 0.572. The molecule has 1 aromatic carbocycles. The van der Waals surface area contributed by atoms with Gasteiger partial charge in [0.05, 0.1) is 11.4 Å². The Bertz CT molecular complexity index is 360. The molecule has 0 radical (unpaired) electrons. The van der Waals surface area contributed by atoms with Gasteiger partial charge in [-0.1, -0.05) is 13.3 Å². The van der Waals surface area contributed by atoms with E-state index in [1.165, 1.54) is 29.9 Å². The van der Waals surface area contributed by atoms with E-state index in [0.717, 1.165) is 6.54 Å². The van der Waals surface area contributed by atoms with Gasteiger partial charge < -0.3 is 15.5 Å². The van der Waals surface area contributed by atoms with E-state index in [4.69, 9.17) is 0 Å². The molecule has 1 heterocycles. The van der Waals surface area contributed by atoms with Crippen LogP contribution in [0.2, 0.25) is 0 Å². The summed E-state index contributed by atoms with van der Waals surface area (Å²) in [4.78, 5) is 2.13. The molecule has 1 unspecified atom stereocenters. The number of anilines is 3. The Morgan fingerprint density at radius 3 is 2.81 bits per heavy atom. The molecule has 0 aliphatic carbocycles.